The average Bonchev–Trinajstić information content (AvgIpc) is 2.86. The number of carbonyl (C=O) groups is 2. The summed E-state index contributed by atoms with van der Waals surface area (Å²) < 4.78 is 16.4. The molecule has 0 saturated carbocycles. The van der Waals surface area contributed by atoms with Gasteiger partial charge in [0.1, 0.15) is 18.1 Å². The van der Waals surface area contributed by atoms with E-state index < -0.39 is 5.91 Å². The number of amides is 2. The minimum Gasteiger partial charge on any atom is -0.490 e. The Hall–Kier alpha value is -3.95. The zero-order valence-corrected chi connectivity index (χ0v) is 20.1. The van der Waals surface area contributed by atoms with Crippen LogP contribution in [-0.4, -0.2) is 43.4 Å². The molecule has 35 heavy (non-hydrogen) atoms. The van der Waals surface area contributed by atoms with E-state index in [1.807, 2.05) is 25.1 Å². The average molecular weight is 494 g/mol. The second-order valence-corrected chi connectivity index (χ2v) is 7.59. The van der Waals surface area contributed by atoms with E-state index in [9.17, 15) is 9.59 Å². The van der Waals surface area contributed by atoms with Crippen molar-refractivity contribution in [3.8, 4) is 11.5 Å². The zero-order valence-electron chi connectivity index (χ0n) is 19.3. The van der Waals surface area contributed by atoms with Gasteiger partial charge in [-0.25, -0.2) is 0 Å². The van der Waals surface area contributed by atoms with E-state index in [0.717, 1.165) is 0 Å². The van der Waals surface area contributed by atoms with E-state index >= 15 is 0 Å². The van der Waals surface area contributed by atoms with Crippen molar-refractivity contribution in [3.63, 3.8) is 0 Å². The van der Waals surface area contributed by atoms with Crippen molar-refractivity contribution in [1.29, 1.82) is 0 Å². The number of rotatable bonds is 11. The molecule has 0 fully saturated rings. The normalized spacial score (nSPS) is 10.2. The maximum Gasteiger partial charge on any atom is 0.262 e. The Morgan fingerprint density at radius 2 is 1.54 bits per heavy atom. The van der Waals surface area contributed by atoms with Gasteiger partial charge >= 0.3 is 0 Å². The lowest BCUT2D eigenvalue weighted by molar-refractivity contribution is -0.118. The Balaban J connectivity index is 1.52. The number of ether oxygens (including phenoxy) is 3. The lowest BCUT2D eigenvalue weighted by Gasteiger charge is -2.14. The molecule has 0 aliphatic heterocycles. The van der Waals surface area contributed by atoms with Gasteiger partial charge in [0.15, 0.2) is 11.7 Å². The van der Waals surface area contributed by atoms with Crippen LogP contribution in [0.4, 0.5) is 11.4 Å². The second-order valence-electron chi connectivity index (χ2n) is 7.18. The Bertz CT molecular complexity index is 1140. The van der Waals surface area contributed by atoms with E-state index in [1.54, 1.807) is 60.7 Å². The first-order valence-corrected chi connectivity index (χ1v) is 11.5. The highest BCUT2D eigenvalue weighted by Crippen LogP contribution is 2.19. The summed E-state index contributed by atoms with van der Waals surface area (Å²) in [5.41, 5.74) is 1.50. The Kier molecular flexibility index (Phi) is 10.0. The summed E-state index contributed by atoms with van der Waals surface area (Å²) in [5, 5.41) is 8.47. The summed E-state index contributed by atoms with van der Waals surface area (Å²) in [6.07, 6.45) is 0. The van der Waals surface area contributed by atoms with Crippen LogP contribution in [-0.2, 0) is 9.53 Å². The molecule has 182 valence electrons. The van der Waals surface area contributed by atoms with Crippen LogP contribution in [0.2, 0.25) is 0 Å². The van der Waals surface area contributed by atoms with E-state index in [1.165, 1.54) is 0 Å². The highest BCUT2D eigenvalue weighted by atomic mass is 32.1. The summed E-state index contributed by atoms with van der Waals surface area (Å²) in [5.74, 6) is 0.343. The third-order valence-corrected chi connectivity index (χ3v) is 4.77. The Labute approximate surface area is 209 Å². The molecule has 0 radical (unpaired) electrons. The van der Waals surface area contributed by atoms with Crippen LogP contribution in [0.5, 0.6) is 11.5 Å². The molecular formula is C26H27N3O5S. The first-order valence-electron chi connectivity index (χ1n) is 11.0. The van der Waals surface area contributed by atoms with Crippen LogP contribution in [0.25, 0.3) is 0 Å². The maximum absolute atomic E-state index is 12.7. The summed E-state index contributed by atoms with van der Waals surface area (Å²) in [7, 11) is 0. The fourth-order valence-corrected chi connectivity index (χ4v) is 3.22. The van der Waals surface area contributed by atoms with Crippen LogP contribution in [0.15, 0.2) is 78.9 Å². The summed E-state index contributed by atoms with van der Waals surface area (Å²) in [6.45, 7) is 3.13. The molecule has 3 rings (SSSR count). The van der Waals surface area contributed by atoms with E-state index in [0.29, 0.717) is 48.3 Å². The van der Waals surface area contributed by atoms with Gasteiger partial charge < -0.3 is 24.8 Å². The number of hydrogen-bond donors (Lipinski definition) is 3. The summed E-state index contributed by atoms with van der Waals surface area (Å²) in [4.78, 5) is 24.9. The highest BCUT2D eigenvalue weighted by molar-refractivity contribution is 7.80. The monoisotopic (exact) mass is 493 g/mol. The number of benzene rings is 3. The lowest BCUT2D eigenvalue weighted by Crippen LogP contribution is -2.34. The van der Waals surface area contributed by atoms with Gasteiger partial charge in [0.25, 0.3) is 11.8 Å². The number of anilines is 2. The summed E-state index contributed by atoms with van der Waals surface area (Å²) >= 11 is 5.29. The molecule has 0 aliphatic rings. The molecule has 3 N–H and O–H groups in total. The van der Waals surface area contributed by atoms with Crippen molar-refractivity contribution in [2.45, 2.75) is 6.92 Å². The third kappa shape index (κ3) is 8.73. The fraction of sp³-hybridized carbons (Fsp3) is 0.192. The Morgan fingerprint density at radius 3 is 2.31 bits per heavy atom. The molecule has 3 aromatic rings. The van der Waals surface area contributed by atoms with Gasteiger partial charge in [-0.2, -0.15) is 0 Å². The van der Waals surface area contributed by atoms with Crippen molar-refractivity contribution in [1.82, 2.24) is 5.32 Å². The molecule has 9 heteroatoms. The molecule has 3 aromatic carbocycles. The predicted molar refractivity (Wildman–Crippen MR) is 139 cm³/mol. The lowest BCUT2D eigenvalue weighted by atomic mass is 10.2. The second kappa shape index (κ2) is 13.7. The SMILES string of the molecule is CCOCCOc1ccccc1C(=O)NC(=S)Nc1cccc(NC(=O)COc2ccccc2)c1. The van der Waals surface area contributed by atoms with Crippen LogP contribution >= 0.6 is 12.2 Å². The first-order chi connectivity index (χ1) is 17.0. The van der Waals surface area contributed by atoms with Gasteiger partial charge in [-0.15, -0.1) is 0 Å². The van der Waals surface area contributed by atoms with Gasteiger partial charge in [0, 0.05) is 18.0 Å². The highest BCUT2D eigenvalue weighted by Gasteiger charge is 2.14. The molecule has 0 unspecified atom stereocenters. The van der Waals surface area contributed by atoms with Crippen molar-refractivity contribution >= 4 is 40.5 Å². The summed E-state index contributed by atoms with van der Waals surface area (Å²) in [6, 6.07) is 22.9. The molecule has 0 aromatic heterocycles. The van der Waals surface area contributed by atoms with Crippen molar-refractivity contribution in [2.24, 2.45) is 0 Å². The van der Waals surface area contributed by atoms with Crippen LogP contribution < -0.4 is 25.4 Å². The number of para-hydroxylation sites is 2. The molecule has 0 aliphatic carbocycles. The molecule has 0 heterocycles. The van der Waals surface area contributed by atoms with Gasteiger partial charge in [-0.1, -0.05) is 36.4 Å². The molecule has 8 nitrogen and oxygen atoms in total. The number of carbonyl (C=O) groups excluding carboxylic acids is 2. The zero-order chi connectivity index (χ0) is 24.9. The molecule has 0 atom stereocenters. The van der Waals surface area contributed by atoms with Gasteiger partial charge in [0.05, 0.1) is 12.2 Å². The van der Waals surface area contributed by atoms with Crippen molar-refractivity contribution in [3.05, 3.63) is 84.4 Å². The molecule has 0 spiro atoms. The van der Waals surface area contributed by atoms with E-state index in [-0.39, 0.29) is 17.6 Å². The number of nitrogens with one attached hydrogen (secondary N) is 3. The number of thiocarbonyl (C=S) groups is 1. The van der Waals surface area contributed by atoms with Gasteiger partial charge in [-0.05, 0) is 61.6 Å². The molecule has 0 saturated heterocycles. The largest absolute Gasteiger partial charge is 0.490 e. The standard InChI is InChI=1S/C26H27N3O5S/c1-2-32-15-16-33-23-14-7-6-13-22(23)25(31)29-26(35)28-20-10-8-9-19(17-20)27-24(30)18-34-21-11-4-3-5-12-21/h3-14,17H,2,15-16,18H2,1H3,(H,27,30)(H2,28,29,31,35). The smallest absolute Gasteiger partial charge is 0.262 e. The number of hydrogen-bond acceptors (Lipinski definition) is 6. The Morgan fingerprint density at radius 1 is 0.829 bits per heavy atom. The quantitative estimate of drug-likeness (QED) is 0.271. The maximum atomic E-state index is 12.7. The van der Waals surface area contributed by atoms with Gasteiger partial charge in [-0.3, -0.25) is 14.9 Å². The van der Waals surface area contributed by atoms with Crippen LogP contribution in [0.3, 0.4) is 0 Å². The third-order valence-electron chi connectivity index (χ3n) is 4.57. The minimum atomic E-state index is -0.406. The van der Waals surface area contributed by atoms with E-state index in [4.69, 9.17) is 26.4 Å². The minimum absolute atomic E-state index is 0.106. The molecule has 0 bridgehead atoms. The van der Waals surface area contributed by atoms with Crippen molar-refractivity contribution < 1.29 is 23.8 Å². The van der Waals surface area contributed by atoms with E-state index in [2.05, 4.69) is 16.0 Å². The van der Waals surface area contributed by atoms with Crippen LogP contribution in [0, 0.1) is 0 Å². The van der Waals surface area contributed by atoms with Crippen molar-refractivity contribution in [2.75, 3.05) is 37.1 Å². The molecule has 2 amide bonds. The molecular weight excluding hydrogens is 466 g/mol. The predicted octanol–water partition coefficient (Wildman–Crippen LogP) is 4.25. The topological polar surface area (TPSA) is 97.9 Å². The van der Waals surface area contributed by atoms with Crippen LogP contribution in [0.1, 0.15) is 17.3 Å². The van der Waals surface area contributed by atoms with Gasteiger partial charge in [0.2, 0.25) is 0 Å². The first kappa shape index (κ1) is 25.7. The fourth-order valence-electron chi connectivity index (χ4n) is 3.01.